The van der Waals surface area contributed by atoms with Crippen LogP contribution < -0.4 is 4.74 Å². The normalized spacial score (nSPS) is 22.1. The highest BCUT2D eigenvalue weighted by Gasteiger charge is 2.55. The van der Waals surface area contributed by atoms with Gasteiger partial charge in [-0.15, -0.1) is 0 Å². The number of benzene rings is 1. The van der Waals surface area contributed by atoms with Crippen LogP contribution in [0.15, 0.2) is 36.5 Å². The van der Waals surface area contributed by atoms with Crippen molar-refractivity contribution in [2.75, 3.05) is 32.8 Å². The number of carbonyl (C=O) groups excluding carboxylic acids is 2. The Labute approximate surface area is 225 Å². The number of ether oxygens (including phenoxy) is 1. The van der Waals surface area contributed by atoms with Crippen LogP contribution in [-0.2, 0) is 9.59 Å². The summed E-state index contributed by atoms with van der Waals surface area (Å²) in [6.45, 7) is 2.26. The summed E-state index contributed by atoms with van der Waals surface area (Å²) >= 11 is 12.4. The van der Waals surface area contributed by atoms with Gasteiger partial charge < -0.3 is 14.5 Å². The monoisotopic (exact) mass is 537 g/mol. The molecule has 1 aliphatic carbocycles. The molecule has 10 heteroatoms. The lowest BCUT2D eigenvalue weighted by atomic mass is 9.87. The highest BCUT2D eigenvalue weighted by atomic mass is 35.5. The Morgan fingerprint density at radius 1 is 1.05 bits per heavy atom. The number of nitrogens with zero attached hydrogens (tertiary/aromatic N) is 5. The van der Waals surface area contributed by atoms with Crippen LogP contribution in [0.4, 0.5) is 0 Å². The van der Waals surface area contributed by atoms with Crippen LogP contribution in [0.25, 0.3) is 0 Å². The lowest BCUT2D eigenvalue weighted by Gasteiger charge is -2.40. The molecule has 37 heavy (non-hydrogen) atoms. The van der Waals surface area contributed by atoms with Crippen LogP contribution in [0.5, 0.6) is 5.88 Å². The van der Waals surface area contributed by atoms with Crippen molar-refractivity contribution in [1.82, 2.24) is 14.8 Å². The molecule has 3 aliphatic rings. The van der Waals surface area contributed by atoms with Crippen LogP contribution in [0.1, 0.15) is 36.3 Å². The largest absolute Gasteiger partial charge is 0.478 e. The minimum atomic E-state index is -0.852. The third-order valence-corrected chi connectivity index (χ3v) is 8.36. The highest BCUT2D eigenvalue weighted by Crippen LogP contribution is 2.47. The van der Waals surface area contributed by atoms with Gasteiger partial charge in [0.05, 0.1) is 34.2 Å². The Kier molecular flexibility index (Phi) is 6.98. The molecule has 2 saturated heterocycles. The zero-order valence-corrected chi connectivity index (χ0v) is 21.6. The molecule has 2 amide bonds. The second kappa shape index (κ2) is 10.2. The van der Waals surface area contributed by atoms with E-state index in [0.29, 0.717) is 73.5 Å². The van der Waals surface area contributed by atoms with Crippen molar-refractivity contribution in [2.24, 2.45) is 17.3 Å². The molecule has 2 aliphatic heterocycles. The van der Waals surface area contributed by atoms with Gasteiger partial charge in [0, 0.05) is 44.4 Å². The molecular formula is C27H25Cl2N5O3. The maximum atomic E-state index is 13.3. The van der Waals surface area contributed by atoms with Crippen molar-refractivity contribution in [3.05, 3.63) is 57.7 Å². The van der Waals surface area contributed by atoms with Gasteiger partial charge in [0.25, 0.3) is 0 Å². The number of halogens is 2. The Morgan fingerprint density at radius 3 is 2.46 bits per heavy atom. The predicted molar refractivity (Wildman–Crippen MR) is 136 cm³/mol. The van der Waals surface area contributed by atoms with Gasteiger partial charge in [-0.2, -0.15) is 10.5 Å². The average Bonchev–Trinajstić information content (AvgIpc) is 3.58. The predicted octanol–water partition coefficient (Wildman–Crippen LogP) is 4.03. The number of rotatable bonds is 7. The molecule has 2 unspecified atom stereocenters. The van der Waals surface area contributed by atoms with Gasteiger partial charge in [0.1, 0.15) is 11.5 Å². The van der Waals surface area contributed by atoms with Gasteiger partial charge in [-0.25, -0.2) is 4.98 Å². The molecule has 5 rings (SSSR count). The number of hydrogen-bond donors (Lipinski definition) is 0. The molecule has 2 aromatic rings. The fraction of sp³-hybridized carbons (Fsp3) is 0.444. The van der Waals surface area contributed by atoms with E-state index >= 15 is 0 Å². The van der Waals surface area contributed by atoms with E-state index in [4.69, 9.17) is 33.2 Å². The maximum Gasteiger partial charge on any atom is 0.243 e. The summed E-state index contributed by atoms with van der Waals surface area (Å²) in [6.07, 6.45) is 3.38. The van der Waals surface area contributed by atoms with Crippen LogP contribution in [0, 0.1) is 39.9 Å². The van der Waals surface area contributed by atoms with Crippen molar-refractivity contribution < 1.29 is 14.3 Å². The van der Waals surface area contributed by atoms with E-state index in [1.807, 2.05) is 23.1 Å². The molecule has 0 spiro atoms. The van der Waals surface area contributed by atoms with Crippen LogP contribution >= 0.6 is 23.2 Å². The Morgan fingerprint density at radius 2 is 1.84 bits per heavy atom. The lowest BCUT2D eigenvalue weighted by Crippen LogP contribution is -2.57. The summed E-state index contributed by atoms with van der Waals surface area (Å²) in [7, 11) is 0. The van der Waals surface area contributed by atoms with Gasteiger partial charge in [-0.05, 0) is 48.9 Å². The molecule has 190 valence electrons. The molecule has 8 nitrogen and oxygen atoms in total. The zero-order chi connectivity index (χ0) is 26.2. The Balaban J connectivity index is 1.23. The SMILES string of the molecule is N#Cc1ccc(OCCC2CN(C(=O)C3CN(C(=O)C4(C#N)CC4)C3)CC2c2ccc(Cl)c(Cl)c2)nc1. The lowest BCUT2D eigenvalue weighted by molar-refractivity contribution is -0.150. The molecule has 3 heterocycles. The summed E-state index contributed by atoms with van der Waals surface area (Å²) in [6, 6.07) is 13.1. The van der Waals surface area contributed by atoms with Crippen LogP contribution in [0.2, 0.25) is 10.0 Å². The Bertz CT molecular complexity index is 1290. The fourth-order valence-electron chi connectivity index (χ4n) is 5.17. The molecule has 1 aromatic heterocycles. The topological polar surface area (TPSA) is 110 Å². The first-order valence-electron chi connectivity index (χ1n) is 12.3. The fourth-order valence-corrected chi connectivity index (χ4v) is 5.48. The number of aromatic nitrogens is 1. The minimum Gasteiger partial charge on any atom is -0.478 e. The standard InChI is InChI=1S/C27H25Cl2N5O3/c28-22-3-2-18(9-23(22)29)21-15-33(12-19(21)5-8-37-24-4-1-17(10-30)11-32-24)25(35)20-13-34(14-20)26(36)27(16-31)6-7-27/h1-4,9,11,19-21H,5-8,12-15H2. The number of hydrogen-bond acceptors (Lipinski definition) is 6. The summed E-state index contributed by atoms with van der Waals surface area (Å²) < 4.78 is 5.82. The Hall–Kier alpha value is -3.33. The van der Waals surface area contributed by atoms with Gasteiger partial charge in [0.15, 0.2) is 0 Å². The van der Waals surface area contributed by atoms with Gasteiger partial charge in [0.2, 0.25) is 17.7 Å². The van der Waals surface area contributed by atoms with E-state index in [9.17, 15) is 14.9 Å². The second-order valence-corrected chi connectivity index (χ2v) is 10.8. The molecule has 0 radical (unpaired) electrons. The average molecular weight is 538 g/mol. The van der Waals surface area contributed by atoms with E-state index in [0.717, 1.165) is 5.56 Å². The van der Waals surface area contributed by atoms with Gasteiger partial charge >= 0.3 is 0 Å². The van der Waals surface area contributed by atoms with E-state index < -0.39 is 5.41 Å². The molecule has 3 fully saturated rings. The van der Waals surface area contributed by atoms with E-state index in [1.165, 1.54) is 6.20 Å². The maximum absolute atomic E-state index is 13.3. The first-order chi connectivity index (χ1) is 17.8. The number of carbonyl (C=O) groups is 2. The van der Waals surface area contributed by atoms with Gasteiger partial charge in [-0.1, -0.05) is 29.3 Å². The summed E-state index contributed by atoms with van der Waals surface area (Å²) in [4.78, 5) is 33.6. The number of likely N-dealkylation sites (tertiary alicyclic amines) is 2. The molecular weight excluding hydrogens is 513 g/mol. The summed E-state index contributed by atoms with van der Waals surface area (Å²) in [5.74, 6) is 0.286. The van der Waals surface area contributed by atoms with Crippen molar-refractivity contribution >= 4 is 35.0 Å². The number of nitriles is 2. The smallest absolute Gasteiger partial charge is 0.243 e. The quantitative estimate of drug-likeness (QED) is 0.527. The minimum absolute atomic E-state index is 0.0353. The molecule has 2 atom stereocenters. The molecule has 1 aromatic carbocycles. The zero-order valence-electron chi connectivity index (χ0n) is 20.1. The van der Waals surface area contributed by atoms with Crippen molar-refractivity contribution in [2.45, 2.75) is 25.2 Å². The second-order valence-electron chi connectivity index (χ2n) is 10.0. The van der Waals surface area contributed by atoms with Crippen molar-refractivity contribution in [1.29, 1.82) is 10.5 Å². The van der Waals surface area contributed by atoms with Crippen LogP contribution in [-0.4, -0.2) is 59.4 Å². The third kappa shape index (κ3) is 5.09. The first-order valence-corrected chi connectivity index (χ1v) is 13.0. The molecule has 1 saturated carbocycles. The first kappa shape index (κ1) is 25.3. The number of pyridine rings is 1. The van der Waals surface area contributed by atoms with Gasteiger partial charge in [-0.3, -0.25) is 9.59 Å². The summed E-state index contributed by atoms with van der Waals surface area (Å²) in [5.41, 5.74) is 0.629. The molecule has 0 bridgehead atoms. The third-order valence-electron chi connectivity index (χ3n) is 7.62. The van der Waals surface area contributed by atoms with E-state index in [1.54, 1.807) is 23.1 Å². The van der Waals surface area contributed by atoms with E-state index in [2.05, 4.69) is 11.1 Å². The van der Waals surface area contributed by atoms with Crippen LogP contribution in [0.3, 0.4) is 0 Å². The van der Waals surface area contributed by atoms with E-state index in [-0.39, 0.29) is 29.6 Å². The number of amides is 2. The molecule has 0 N–H and O–H groups in total. The summed E-state index contributed by atoms with van der Waals surface area (Å²) in [5, 5.41) is 19.2. The highest BCUT2D eigenvalue weighted by molar-refractivity contribution is 6.42. The van der Waals surface area contributed by atoms with Crippen molar-refractivity contribution in [3.8, 4) is 18.0 Å². The van der Waals surface area contributed by atoms with Crippen molar-refractivity contribution in [3.63, 3.8) is 0 Å².